The van der Waals surface area contributed by atoms with Crippen molar-refractivity contribution in [1.29, 1.82) is 0 Å². The number of piperidine rings is 1. The van der Waals surface area contributed by atoms with Crippen LogP contribution in [0.5, 0.6) is 0 Å². The van der Waals surface area contributed by atoms with Crippen molar-refractivity contribution in [2.24, 2.45) is 0 Å². The first-order valence-corrected chi connectivity index (χ1v) is 7.44. The Bertz CT molecular complexity index is 554. The van der Waals surface area contributed by atoms with Crippen molar-refractivity contribution >= 4 is 17.3 Å². The van der Waals surface area contributed by atoms with Crippen molar-refractivity contribution in [3.05, 3.63) is 33.9 Å². The molecule has 0 aromatic heterocycles. The number of likely N-dealkylation sites (N-methyl/N-ethyl adjacent to an activating group) is 1. The third-order valence-corrected chi connectivity index (χ3v) is 4.01. The number of nitrogens with zero attached hydrogens (tertiary/aromatic N) is 2. The number of nitro benzene ring substituents is 1. The second kappa shape index (κ2) is 7.22. The van der Waals surface area contributed by atoms with Crippen LogP contribution < -0.4 is 10.6 Å². The molecule has 2 rings (SSSR count). The number of aryl methyl sites for hydroxylation is 1. The van der Waals surface area contributed by atoms with E-state index >= 15 is 0 Å². The van der Waals surface area contributed by atoms with E-state index in [2.05, 4.69) is 15.5 Å². The molecular weight excluding hydrogens is 284 g/mol. The number of hydrogen-bond donors (Lipinski definition) is 2. The molecule has 0 aliphatic carbocycles. The van der Waals surface area contributed by atoms with Gasteiger partial charge in [0.25, 0.3) is 5.69 Å². The lowest BCUT2D eigenvalue weighted by Gasteiger charge is -2.32. The zero-order valence-corrected chi connectivity index (χ0v) is 13.0. The first-order valence-electron chi connectivity index (χ1n) is 7.44. The second-order valence-corrected chi connectivity index (χ2v) is 5.62. The summed E-state index contributed by atoms with van der Waals surface area (Å²) in [5.74, 6) is 0.0395. The van der Waals surface area contributed by atoms with Crippen LogP contribution in [0.2, 0.25) is 0 Å². The summed E-state index contributed by atoms with van der Waals surface area (Å²) in [6, 6.07) is 5.21. The van der Waals surface area contributed by atoms with E-state index in [1.165, 1.54) is 6.07 Å². The van der Waals surface area contributed by atoms with Crippen LogP contribution >= 0.6 is 0 Å². The summed E-state index contributed by atoms with van der Waals surface area (Å²) in [5.41, 5.74) is 1.93. The molecular formula is C15H22N4O3. The fourth-order valence-corrected chi connectivity index (χ4v) is 2.66. The second-order valence-electron chi connectivity index (χ2n) is 5.62. The summed E-state index contributed by atoms with van der Waals surface area (Å²) in [4.78, 5) is 23.9. The molecule has 0 bridgehead atoms. The predicted molar refractivity (Wildman–Crippen MR) is 85.0 cm³/mol. The van der Waals surface area contributed by atoms with Crippen LogP contribution in [0.15, 0.2) is 18.2 Å². The van der Waals surface area contributed by atoms with E-state index in [1.54, 1.807) is 19.2 Å². The molecule has 120 valence electrons. The molecule has 22 heavy (non-hydrogen) atoms. The number of nitrogens with one attached hydrogen (secondary N) is 2. The summed E-state index contributed by atoms with van der Waals surface area (Å²) in [6.07, 6.45) is 1.90. The maximum atomic E-state index is 11.4. The summed E-state index contributed by atoms with van der Waals surface area (Å²) in [7, 11) is 1.65. The van der Waals surface area contributed by atoms with Gasteiger partial charge in [-0.05, 0) is 31.4 Å². The van der Waals surface area contributed by atoms with Crippen LogP contribution in [0, 0.1) is 17.0 Å². The first-order chi connectivity index (χ1) is 10.5. The highest BCUT2D eigenvalue weighted by Gasteiger charge is 2.21. The van der Waals surface area contributed by atoms with Crippen LogP contribution in [0.1, 0.15) is 18.4 Å². The highest BCUT2D eigenvalue weighted by atomic mass is 16.6. The van der Waals surface area contributed by atoms with Gasteiger partial charge < -0.3 is 10.6 Å². The van der Waals surface area contributed by atoms with Crippen molar-refractivity contribution < 1.29 is 9.72 Å². The lowest BCUT2D eigenvalue weighted by molar-refractivity contribution is -0.384. The molecule has 0 unspecified atom stereocenters. The molecule has 1 heterocycles. The summed E-state index contributed by atoms with van der Waals surface area (Å²) in [5, 5.41) is 16.8. The Labute approximate surface area is 129 Å². The maximum absolute atomic E-state index is 11.4. The van der Waals surface area contributed by atoms with Crippen LogP contribution in [0.3, 0.4) is 0 Å². The summed E-state index contributed by atoms with van der Waals surface area (Å²) in [6.45, 7) is 4.06. The highest BCUT2D eigenvalue weighted by Crippen LogP contribution is 2.24. The largest absolute Gasteiger partial charge is 0.382 e. The predicted octanol–water partition coefficient (Wildman–Crippen LogP) is 1.53. The molecule has 1 fully saturated rings. The van der Waals surface area contributed by atoms with Crippen molar-refractivity contribution in [1.82, 2.24) is 10.2 Å². The average Bonchev–Trinajstić information content (AvgIpc) is 2.50. The standard InChI is InChI=1S/C15H22N4O3/c1-11-9-13(19(21)22)3-4-14(11)17-12-5-7-18(8-6-12)10-15(20)16-2/h3-4,9,12,17H,5-8,10H2,1-2H3,(H,16,20). The zero-order chi connectivity index (χ0) is 16.1. The molecule has 1 aliphatic heterocycles. The number of anilines is 1. The summed E-state index contributed by atoms with van der Waals surface area (Å²) < 4.78 is 0. The lowest BCUT2D eigenvalue weighted by atomic mass is 10.0. The number of nitro groups is 1. The van der Waals surface area contributed by atoms with Crippen molar-refractivity contribution in [2.75, 3.05) is 32.0 Å². The molecule has 0 saturated carbocycles. The van der Waals surface area contributed by atoms with Gasteiger partial charge in [-0.3, -0.25) is 19.8 Å². The topological polar surface area (TPSA) is 87.5 Å². The number of likely N-dealkylation sites (tertiary alicyclic amines) is 1. The quantitative estimate of drug-likeness (QED) is 0.636. The Hall–Kier alpha value is -2.15. The number of non-ortho nitro benzene ring substituents is 1. The van der Waals surface area contributed by atoms with Gasteiger partial charge in [-0.1, -0.05) is 0 Å². The molecule has 1 aromatic carbocycles. The van der Waals surface area contributed by atoms with E-state index in [4.69, 9.17) is 0 Å². The normalized spacial score (nSPS) is 16.3. The molecule has 7 nitrogen and oxygen atoms in total. The number of benzene rings is 1. The van der Waals surface area contributed by atoms with E-state index in [-0.39, 0.29) is 16.5 Å². The Kier molecular flexibility index (Phi) is 5.32. The van der Waals surface area contributed by atoms with E-state index in [1.807, 2.05) is 6.92 Å². The van der Waals surface area contributed by atoms with Crippen LogP contribution in [-0.2, 0) is 4.79 Å². The average molecular weight is 306 g/mol. The van der Waals surface area contributed by atoms with Crippen LogP contribution in [-0.4, -0.2) is 48.5 Å². The van der Waals surface area contributed by atoms with Crippen molar-refractivity contribution in [3.63, 3.8) is 0 Å². The summed E-state index contributed by atoms with van der Waals surface area (Å²) >= 11 is 0. The van der Waals surface area contributed by atoms with E-state index in [9.17, 15) is 14.9 Å². The molecule has 1 amide bonds. The van der Waals surface area contributed by atoms with Gasteiger partial charge in [0, 0.05) is 44.0 Å². The molecule has 2 N–H and O–H groups in total. The minimum Gasteiger partial charge on any atom is -0.382 e. The van der Waals surface area contributed by atoms with Crippen molar-refractivity contribution in [3.8, 4) is 0 Å². The molecule has 1 saturated heterocycles. The Morgan fingerprint density at radius 3 is 2.64 bits per heavy atom. The minimum atomic E-state index is -0.381. The smallest absolute Gasteiger partial charge is 0.269 e. The highest BCUT2D eigenvalue weighted by molar-refractivity contribution is 5.77. The first kappa shape index (κ1) is 16.2. The number of carbonyl (C=O) groups is 1. The molecule has 0 atom stereocenters. The fraction of sp³-hybridized carbons (Fsp3) is 0.533. The van der Waals surface area contributed by atoms with Crippen molar-refractivity contribution in [2.45, 2.75) is 25.8 Å². The van der Waals surface area contributed by atoms with Gasteiger partial charge in [0.1, 0.15) is 0 Å². The van der Waals surface area contributed by atoms with E-state index in [0.717, 1.165) is 37.2 Å². The Morgan fingerprint density at radius 2 is 2.09 bits per heavy atom. The van der Waals surface area contributed by atoms with E-state index < -0.39 is 0 Å². The Balaban J connectivity index is 1.88. The molecule has 1 aliphatic rings. The van der Waals surface area contributed by atoms with Gasteiger partial charge in [-0.25, -0.2) is 0 Å². The minimum absolute atomic E-state index is 0.0395. The van der Waals surface area contributed by atoms with Crippen LogP contribution in [0.4, 0.5) is 11.4 Å². The monoisotopic (exact) mass is 306 g/mol. The van der Waals surface area contributed by atoms with Gasteiger partial charge in [-0.15, -0.1) is 0 Å². The number of hydrogen-bond acceptors (Lipinski definition) is 5. The molecule has 0 spiro atoms. The van der Waals surface area contributed by atoms with Gasteiger partial charge in [0.2, 0.25) is 5.91 Å². The fourth-order valence-electron chi connectivity index (χ4n) is 2.66. The van der Waals surface area contributed by atoms with E-state index in [0.29, 0.717) is 12.6 Å². The third kappa shape index (κ3) is 4.17. The number of carbonyl (C=O) groups excluding carboxylic acids is 1. The third-order valence-electron chi connectivity index (χ3n) is 4.01. The van der Waals surface area contributed by atoms with Gasteiger partial charge >= 0.3 is 0 Å². The van der Waals surface area contributed by atoms with Gasteiger partial charge in [0.05, 0.1) is 11.5 Å². The molecule has 0 radical (unpaired) electrons. The maximum Gasteiger partial charge on any atom is 0.269 e. The SMILES string of the molecule is CNC(=O)CN1CCC(Nc2ccc([N+](=O)[O-])cc2C)CC1. The molecule has 7 heteroatoms. The van der Waals surface area contributed by atoms with Gasteiger partial charge in [-0.2, -0.15) is 0 Å². The van der Waals surface area contributed by atoms with Gasteiger partial charge in [0.15, 0.2) is 0 Å². The van der Waals surface area contributed by atoms with Crippen LogP contribution in [0.25, 0.3) is 0 Å². The number of rotatable bonds is 5. The zero-order valence-electron chi connectivity index (χ0n) is 13.0. The number of amides is 1. The Morgan fingerprint density at radius 1 is 1.41 bits per heavy atom. The lowest BCUT2D eigenvalue weighted by Crippen LogP contribution is -2.43. The molecule has 1 aromatic rings.